The molecule has 0 aliphatic rings. The van der Waals surface area contributed by atoms with Crippen LogP contribution in [0.2, 0.25) is 0 Å². The Kier molecular flexibility index (Phi) is 2.97. The van der Waals surface area contributed by atoms with Crippen LogP contribution in [0.5, 0.6) is 0 Å². The molecule has 2 aromatic carbocycles. The molecule has 22 heavy (non-hydrogen) atoms. The van der Waals surface area contributed by atoms with Crippen LogP contribution in [0.1, 0.15) is 5.69 Å². The molecule has 4 rings (SSSR count). The Morgan fingerprint density at radius 3 is 2.41 bits per heavy atom. The third kappa shape index (κ3) is 2.17. The summed E-state index contributed by atoms with van der Waals surface area (Å²) in [5.74, 6) is 0.745. The smallest absolute Gasteiger partial charge is 0.169 e. The molecule has 0 fully saturated rings. The summed E-state index contributed by atoms with van der Waals surface area (Å²) < 4.78 is 5.47. The third-order valence-electron chi connectivity index (χ3n) is 3.66. The van der Waals surface area contributed by atoms with Crippen LogP contribution in [-0.2, 0) is 0 Å². The van der Waals surface area contributed by atoms with Crippen molar-refractivity contribution in [2.45, 2.75) is 6.92 Å². The van der Waals surface area contributed by atoms with Gasteiger partial charge in [-0.15, -0.1) is 0 Å². The number of aromatic nitrogens is 2. The summed E-state index contributed by atoms with van der Waals surface area (Å²) in [6.07, 6.45) is 0. The summed E-state index contributed by atoms with van der Waals surface area (Å²) in [6.45, 7) is 1.92. The van der Waals surface area contributed by atoms with Crippen LogP contribution in [0, 0.1) is 6.92 Å². The zero-order valence-electron chi connectivity index (χ0n) is 12.2. The van der Waals surface area contributed by atoms with E-state index in [0.717, 1.165) is 39.2 Å². The maximum atomic E-state index is 5.47. The van der Waals surface area contributed by atoms with Gasteiger partial charge in [0.15, 0.2) is 5.76 Å². The molecule has 0 aliphatic carbocycles. The third-order valence-corrected chi connectivity index (χ3v) is 3.66. The molecule has 0 bridgehead atoms. The van der Waals surface area contributed by atoms with Crippen molar-refractivity contribution in [3.05, 3.63) is 72.4 Å². The van der Waals surface area contributed by atoms with Crippen LogP contribution in [-0.4, -0.2) is 10.1 Å². The number of fused-ring (bicyclic) bond motifs is 1. The predicted octanol–water partition coefficient (Wildman–Crippen LogP) is 4.87. The van der Waals surface area contributed by atoms with E-state index in [0.29, 0.717) is 0 Å². The van der Waals surface area contributed by atoms with Gasteiger partial charge < -0.3 is 4.52 Å². The molecule has 0 amide bonds. The minimum absolute atomic E-state index is 0.745. The Morgan fingerprint density at radius 1 is 0.864 bits per heavy atom. The fraction of sp³-hybridized carbons (Fsp3) is 0.0526. The molecule has 0 aliphatic heterocycles. The molecule has 0 unspecified atom stereocenters. The van der Waals surface area contributed by atoms with Gasteiger partial charge in [0.05, 0.1) is 16.9 Å². The number of pyridine rings is 1. The average Bonchev–Trinajstić information content (AvgIpc) is 3.01. The lowest BCUT2D eigenvalue weighted by Crippen LogP contribution is -1.90. The second kappa shape index (κ2) is 5.11. The Bertz CT molecular complexity index is 942. The maximum absolute atomic E-state index is 5.47. The lowest BCUT2D eigenvalue weighted by molar-refractivity contribution is 0.427. The van der Waals surface area contributed by atoms with Crippen molar-refractivity contribution < 1.29 is 4.52 Å². The number of hydrogen-bond donors (Lipinski definition) is 0. The van der Waals surface area contributed by atoms with Gasteiger partial charge in [-0.1, -0.05) is 53.7 Å². The molecule has 2 aromatic heterocycles. The van der Waals surface area contributed by atoms with Crippen LogP contribution in [0.25, 0.3) is 33.5 Å². The van der Waals surface area contributed by atoms with Crippen LogP contribution in [0.3, 0.4) is 0 Å². The van der Waals surface area contributed by atoms with Gasteiger partial charge in [-0.3, -0.25) is 0 Å². The van der Waals surface area contributed by atoms with E-state index in [9.17, 15) is 0 Å². The molecule has 3 nitrogen and oxygen atoms in total. The van der Waals surface area contributed by atoms with E-state index >= 15 is 0 Å². The molecule has 106 valence electrons. The molecule has 2 heterocycles. The molecule has 3 heteroatoms. The first-order chi connectivity index (χ1) is 10.8. The number of rotatable bonds is 2. The molecule has 0 atom stereocenters. The number of para-hydroxylation sites is 1. The van der Waals surface area contributed by atoms with Crippen LogP contribution >= 0.6 is 0 Å². The summed E-state index contributed by atoms with van der Waals surface area (Å²) in [4.78, 5) is 4.84. The van der Waals surface area contributed by atoms with Gasteiger partial charge in [0.1, 0.15) is 0 Å². The fourth-order valence-electron chi connectivity index (χ4n) is 2.61. The highest BCUT2D eigenvalue weighted by atomic mass is 16.5. The number of aryl methyl sites for hydroxylation is 1. The van der Waals surface area contributed by atoms with E-state index in [2.05, 4.69) is 29.4 Å². The second-order valence-corrected chi connectivity index (χ2v) is 5.28. The number of hydrogen-bond acceptors (Lipinski definition) is 3. The summed E-state index contributed by atoms with van der Waals surface area (Å²) in [5.41, 5.74) is 4.78. The van der Waals surface area contributed by atoms with Gasteiger partial charge in [-0.05, 0) is 19.1 Å². The van der Waals surface area contributed by atoms with Crippen molar-refractivity contribution in [1.29, 1.82) is 0 Å². The maximum Gasteiger partial charge on any atom is 0.169 e. The Balaban J connectivity index is 2.04. The highest BCUT2D eigenvalue weighted by molar-refractivity contribution is 5.90. The number of benzene rings is 2. The lowest BCUT2D eigenvalue weighted by Gasteiger charge is -2.08. The molecule has 0 N–H and O–H groups in total. The van der Waals surface area contributed by atoms with Gasteiger partial charge in [0.2, 0.25) is 0 Å². The minimum Gasteiger partial charge on any atom is -0.356 e. The van der Waals surface area contributed by atoms with Crippen molar-refractivity contribution in [3.8, 4) is 22.6 Å². The first-order valence-corrected chi connectivity index (χ1v) is 7.20. The van der Waals surface area contributed by atoms with E-state index in [-0.39, 0.29) is 0 Å². The Labute approximate surface area is 128 Å². The van der Waals surface area contributed by atoms with E-state index < -0.39 is 0 Å². The van der Waals surface area contributed by atoms with Crippen molar-refractivity contribution in [3.63, 3.8) is 0 Å². The number of nitrogens with zero attached hydrogens (tertiary/aromatic N) is 2. The van der Waals surface area contributed by atoms with E-state index in [4.69, 9.17) is 9.51 Å². The second-order valence-electron chi connectivity index (χ2n) is 5.28. The van der Waals surface area contributed by atoms with Crippen LogP contribution in [0.4, 0.5) is 0 Å². The topological polar surface area (TPSA) is 38.9 Å². The van der Waals surface area contributed by atoms with Gasteiger partial charge >= 0.3 is 0 Å². The molecule has 0 spiro atoms. The molecule has 0 saturated heterocycles. The van der Waals surface area contributed by atoms with Gasteiger partial charge in [0, 0.05) is 22.6 Å². The van der Waals surface area contributed by atoms with Crippen LogP contribution in [0.15, 0.2) is 71.3 Å². The van der Waals surface area contributed by atoms with Gasteiger partial charge in [0.25, 0.3) is 0 Å². The molecule has 0 saturated carbocycles. The zero-order valence-corrected chi connectivity index (χ0v) is 12.2. The quantitative estimate of drug-likeness (QED) is 0.528. The van der Waals surface area contributed by atoms with Crippen LogP contribution < -0.4 is 0 Å². The molecule has 0 radical (unpaired) electrons. The summed E-state index contributed by atoms with van der Waals surface area (Å²) >= 11 is 0. The van der Waals surface area contributed by atoms with Gasteiger partial charge in [-0.2, -0.15) is 0 Å². The largest absolute Gasteiger partial charge is 0.356 e. The summed E-state index contributed by atoms with van der Waals surface area (Å²) in [7, 11) is 0. The molecule has 4 aromatic rings. The summed E-state index contributed by atoms with van der Waals surface area (Å²) in [5, 5.41) is 5.09. The van der Waals surface area contributed by atoms with E-state index in [1.165, 1.54) is 0 Å². The van der Waals surface area contributed by atoms with Gasteiger partial charge in [-0.25, -0.2) is 4.98 Å². The van der Waals surface area contributed by atoms with Crippen molar-refractivity contribution in [1.82, 2.24) is 10.1 Å². The Hall–Kier alpha value is -2.94. The van der Waals surface area contributed by atoms with Crippen molar-refractivity contribution in [2.75, 3.05) is 0 Å². The van der Waals surface area contributed by atoms with Crippen molar-refractivity contribution in [2.24, 2.45) is 0 Å². The standard InChI is InChI=1S/C19H14N2O/c1-13-11-18(22-21-13)16-12-15-9-5-6-10-17(15)20-19(16)14-7-3-2-4-8-14/h2-12H,1H3. The highest BCUT2D eigenvalue weighted by Crippen LogP contribution is 2.33. The first kappa shape index (κ1) is 12.8. The SMILES string of the molecule is Cc1cc(-c2cc3ccccc3nc2-c2ccccc2)on1. The lowest BCUT2D eigenvalue weighted by atomic mass is 10.0. The summed E-state index contributed by atoms with van der Waals surface area (Å²) in [6, 6.07) is 22.3. The van der Waals surface area contributed by atoms with E-state index in [1.807, 2.05) is 49.4 Å². The predicted molar refractivity (Wildman–Crippen MR) is 87.4 cm³/mol. The normalized spacial score (nSPS) is 11.0. The minimum atomic E-state index is 0.745. The zero-order chi connectivity index (χ0) is 14.9. The monoisotopic (exact) mass is 286 g/mol. The first-order valence-electron chi connectivity index (χ1n) is 7.20. The molecular formula is C19H14N2O. The fourth-order valence-corrected chi connectivity index (χ4v) is 2.61. The van der Waals surface area contributed by atoms with Crippen molar-refractivity contribution >= 4 is 10.9 Å². The Morgan fingerprint density at radius 2 is 1.64 bits per heavy atom. The van der Waals surface area contributed by atoms with E-state index in [1.54, 1.807) is 0 Å². The average molecular weight is 286 g/mol. The molecular weight excluding hydrogens is 272 g/mol. The highest BCUT2D eigenvalue weighted by Gasteiger charge is 2.14.